The van der Waals surface area contributed by atoms with Gasteiger partial charge >= 0.3 is 0 Å². The summed E-state index contributed by atoms with van der Waals surface area (Å²) >= 11 is 0. The molecule has 1 fully saturated rings. The van der Waals surface area contributed by atoms with Crippen molar-refractivity contribution in [2.24, 2.45) is 0 Å². The molecule has 19 heavy (non-hydrogen) atoms. The normalized spacial score (nSPS) is 18.4. The third-order valence-corrected chi connectivity index (χ3v) is 3.70. The first kappa shape index (κ1) is 14.1. The molecule has 0 aromatic carbocycles. The second-order valence-corrected chi connectivity index (χ2v) is 5.07. The summed E-state index contributed by atoms with van der Waals surface area (Å²) in [7, 11) is 0. The standard InChI is InChI=1S/C14H22N2O3/c1-3-11(2)16-10-14(18)13(17)8-12(16)9-15-4-6-19-7-5-15/h8,10-11,18H,3-7,9H2,1-2H3. The highest BCUT2D eigenvalue weighted by Crippen LogP contribution is 2.17. The van der Waals surface area contributed by atoms with Gasteiger partial charge in [-0.2, -0.15) is 0 Å². The first-order chi connectivity index (χ1) is 9.11. The number of hydrogen-bond acceptors (Lipinski definition) is 4. The molecule has 1 aromatic heterocycles. The van der Waals surface area contributed by atoms with Crippen molar-refractivity contribution < 1.29 is 9.84 Å². The van der Waals surface area contributed by atoms with Crippen LogP contribution >= 0.6 is 0 Å². The minimum Gasteiger partial charge on any atom is -0.503 e. The van der Waals surface area contributed by atoms with Gasteiger partial charge in [0, 0.05) is 37.4 Å². The highest BCUT2D eigenvalue weighted by atomic mass is 16.5. The Balaban J connectivity index is 2.26. The third-order valence-electron chi connectivity index (χ3n) is 3.70. The lowest BCUT2D eigenvalue weighted by Gasteiger charge is -2.29. The van der Waals surface area contributed by atoms with Crippen LogP contribution in [0.25, 0.3) is 0 Å². The predicted molar refractivity (Wildman–Crippen MR) is 73.5 cm³/mol. The summed E-state index contributed by atoms with van der Waals surface area (Å²) in [5.41, 5.74) is 0.655. The average Bonchev–Trinajstić information content (AvgIpc) is 2.43. The molecule has 0 bridgehead atoms. The highest BCUT2D eigenvalue weighted by molar-refractivity contribution is 5.21. The quantitative estimate of drug-likeness (QED) is 0.894. The lowest BCUT2D eigenvalue weighted by atomic mass is 10.2. The van der Waals surface area contributed by atoms with Gasteiger partial charge in [-0.1, -0.05) is 6.92 Å². The van der Waals surface area contributed by atoms with Gasteiger partial charge < -0.3 is 14.4 Å². The minimum atomic E-state index is -0.303. The maximum Gasteiger partial charge on any atom is 0.223 e. The van der Waals surface area contributed by atoms with Crippen LogP contribution in [0.5, 0.6) is 5.75 Å². The Kier molecular flexibility index (Phi) is 4.61. The van der Waals surface area contributed by atoms with Crippen molar-refractivity contribution >= 4 is 0 Å². The van der Waals surface area contributed by atoms with Crippen molar-refractivity contribution in [1.82, 2.24) is 9.47 Å². The van der Waals surface area contributed by atoms with Gasteiger partial charge in [0.2, 0.25) is 5.43 Å². The highest BCUT2D eigenvalue weighted by Gasteiger charge is 2.15. The Morgan fingerprint density at radius 3 is 2.74 bits per heavy atom. The molecular formula is C14H22N2O3. The van der Waals surface area contributed by atoms with E-state index >= 15 is 0 Å². The largest absolute Gasteiger partial charge is 0.503 e. The van der Waals surface area contributed by atoms with E-state index in [1.165, 1.54) is 0 Å². The summed E-state index contributed by atoms with van der Waals surface area (Å²) in [6.45, 7) is 8.16. The van der Waals surface area contributed by atoms with Gasteiger partial charge in [0.1, 0.15) is 0 Å². The summed E-state index contributed by atoms with van der Waals surface area (Å²) in [4.78, 5) is 13.9. The van der Waals surface area contributed by atoms with Crippen LogP contribution in [0.15, 0.2) is 17.1 Å². The summed E-state index contributed by atoms with van der Waals surface area (Å²) in [6, 6.07) is 1.82. The molecule has 1 aliphatic rings. The van der Waals surface area contributed by atoms with E-state index < -0.39 is 0 Å². The van der Waals surface area contributed by atoms with Crippen LogP contribution in [0, 0.1) is 0 Å². The van der Waals surface area contributed by atoms with Gasteiger partial charge in [-0.05, 0) is 13.3 Å². The van der Waals surface area contributed by atoms with Crippen LogP contribution in [0.3, 0.4) is 0 Å². The molecule has 106 valence electrons. The number of nitrogens with zero attached hydrogens (tertiary/aromatic N) is 2. The fourth-order valence-corrected chi connectivity index (χ4v) is 2.30. The smallest absolute Gasteiger partial charge is 0.223 e. The van der Waals surface area contributed by atoms with Crippen LogP contribution < -0.4 is 5.43 Å². The molecule has 1 aliphatic heterocycles. The second kappa shape index (κ2) is 6.21. The molecule has 0 spiro atoms. The zero-order valence-corrected chi connectivity index (χ0v) is 11.6. The van der Waals surface area contributed by atoms with Crippen molar-refractivity contribution in [3.05, 3.63) is 28.2 Å². The first-order valence-electron chi connectivity index (χ1n) is 6.86. The maximum absolute atomic E-state index is 11.6. The SMILES string of the molecule is CCC(C)n1cc(O)c(=O)cc1CN1CCOCC1. The second-order valence-electron chi connectivity index (χ2n) is 5.07. The topological polar surface area (TPSA) is 54.7 Å². The lowest BCUT2D eigenvalue weighted by Crippen LogP contribution is -2.36. The molecule has 1 N–H and O–H groups in total. The van der Waals surface area contributed by atoms with Crippen molar-refractivity contribution in [2.75, 3.05) is 26.3 Å². The molecule has 0 amide bonds. The molecule has 0 radical (unpaired) electrons. The summed E-state index contributed by atoms with van der Waals surface area (Å²) in [5.74, 6) is -0.175. The Hall–Kier alpha value is -1.33. The molecule has 0 saturated carbocycles. The van der Waals surface area contributed by atoms with E-state index in [0.29, 0.717) is 0 Å². The van der Waals surface area contributed by atoms with Gasteiger partial charge in [-0.15, -0.1) is 0 Å². The van der Waals surface area contributed by atoms with Crippen molar-refractivity contribution in [2.45, 2.75) is 32.9 Å². The molecule has 1 atom stereocenters. The summed E-state index contributed by atoms with van der Waals surface area (Å²) < 4.78 is 7.34. The molecule has 2 heterocycles. The van der Waals surface area contributed by atoms with E-state index in [2.05, 4.69) is 18.7 Å². The molecule has 1 aromatic rings. The van der Waals surface area contributed by atoms with E-state index in [-0.39, 0.29) is 17.2 Å². The Bertz CT molecular complexity index is 478. The predicted octanol–water partition coefficient (Wildman–Crippen LogP) is 1.36. The van der Waals surface area contributed by atoms with Crippen molar-refractivity contribution in [3.63, 3.8) is 0 Å². The van der Waals surface area contributed by atoms with E-state index in [0.717, 1.165) is 45.0 Å². The third kappa shape index (κ3) is 3.36. The molecule has 2 rings (SSSR count). The number of aromatic nitrogens is 1. The molecule has 0 aliphatic carbocycles. The molecule has 1 saturated heterocycles. The number of hydrogen-bond donors (Lipinski definition) is 1. The van der Waals surface area contributed by atoms with Crippen LogP contribution in [0.2, 0.25) is 0 Å². The Morgan fingerprint density at radius 1 is 1.42 bits per heavy atom. The van der Waals surface area contributed by atoms with Crippen LogP contribution in [-0.4, -0.2) is 40.9 Å². The lowest BCUT2D eigenvalue weighted by molar-refractivity contribution is 0.0329. The average molecular weight is 266 g/mol. The number of pyridine rings is 1. The van der Waals surface area contributed by atoms with Gasteiger partial charge in [0.25, 0.3) is 0 Å². The van der Waals surface area contributed by atoms with Gasteiger partial charge in [-0.3, -0.25) is 9.69 Å². The van der Waals surface area contributed by atoms with Crippen LogP contribution in [-0.2, 0) is 11.3 Å². The molecule has 1 unspecified atom stereocenters. The monoisotopic (exact) mass is 266 g/mol. The molecule has 5 heteroatoms. The zero-order chi connectivity index (χ0) is 13.8. The number of aromatic hydroxyl groups is 1. The van der Waals surface area contributed by atoms with E-state index in [9.17, 15) is 9.90 Å². The maximum atomic E-state index is 11.6. The van der Waals surface area contributed by atoms with Gasteiger partial charge in [-0.25, -0.2) is 0 Å². The zero-order valence-electron chi connectivity index (χ0n) is 11.6. The van der Waals surface area contributed by atoms with E-state index in [4.69, 9.17) is 4.74 Å². The molecular weight excluding hydrogens is 244 g/mol. The summed E-state index contributed by atoms with van der Waals surface area (Å²) in [6.07, 6.45) is 2.52. The summed E-state index contributed by atoms with van der Waals surface area (Å²) in [5, 5.41) is 9.61. The van der Waals surface area contributed by atoms with E-state index in [1.54, 1.807) is 12.3 Å². The van der Waals surface area contributed by atoms with Crippen molar-refractivity contribution in [1.29, 1.82) is 0 Å². The van der Waals surface area contributed by atoms with E-state index in [1.807, 2.05) is 4.57 Å². The van der Waals surface area contributed by atoms with Crippen LogP contribution in [0.1, 0.15) is 32.0 Å². The van der Waals surface area contributed by atoms with Crippen molar-refractivity contribution in [3.8, 4) is 5.75 Å². The number of ether oxygens (including phenoxy) is 1. The fraction of sp³-hybridized carbons (Fsp3) is 0.643. The van der Waals surface area contributed by atoms with Crippen LogP contribution in [0.4, 0.5) is 0 Å². The fourth-order valence-electron chi connectivity index (χ4n) is 2.30. The number of rotatable bonds is 4. The minimum absolute atomic E-state index is 0.175. The molecule has 5 nitrogen and oxygen atoms in total. The van der Waals surface area contributed by atoms with Gasteiger partial charge in [0.05, 0.1) is 19.4 Å². The first-order valence-corrected chi connectivity index (χ1v) is 6.86. The van der Waals surface area contributed by atoms with Gasteiger partial charge in [0.15, 0.2) is 5.75 Å². The number of morpholine rings is 1. The Morgan fingerprint density at radius 2 is 2.11 bits per heavy atom. The Labute approximate surface area is 113 Å².